The number of nitrogens with two attached hydrogens (primary N) is 1. The predicted molar refractivity (Wildman–Crippen MR) is 99.7 cm³/mol. The molecule has 1 aromatic heterocycles. The molecule has 0 fully saturated rings. The van der Waals surface area contributed by atoms with Crippen molar-refractivity contribution >= 4 is 44.6 Å². The fourth-order valence-corrected chi connectivity index (χ4v) is 2.81. The van der Waals surface area contributed by atoms with Gasteiger partial charge >= 0.3 is 0 Å². The topological polar surface area (TPSA) is 94.3 Å². The summed E-state index contributed by atoms with van der Waals surface area (Å²) in [6.45, 7) is 0.231. The second-order valence-electron chi connectivity index (χ2n) is 5.31. The average Bonchev–Trinajstić information content (AvgIpc) is 3.06. The molecule has 0 aliphatic carbocycles. The molecule has 126 valence electrons. The van der Waals surface area contributed by atoms with E-state index >= 15 is 0 Å². The van der Waals surface area contributed by atoms with Gasteiger partial charge in [-0.15, -0.1) is 0 Å². The lowest BCUT2D eigenvalue weighted by Gasteiger charge is -2.13. The summed E-state index contributed by atoms with van der Waals surface area (Å²) in [4.78, 5) is 8.43. The van der Waals surface area contributed by atoms with Gasteiger partial charge in [-0.1, -0.05) is 22.0 Å². The molecular weight excluding hydrogens is 386 g/mol. The third-order valence-electron chi connectivity index (χ3n) is 3.61. The largest absolute Gasteiger partial charge is 0.454 e. The van der Waals surface area contributed by atoms with Crippen LogP contribution >= 0.6 is 15.9 Å². The Morgan fingerprint density at radius 1 is 0.920 bits per heavy atom. The highest BCUT2D eigenvalue weighted by Crippen LogP contribution is 2.36. The number of aromatic nitrogens is 2. The Morgan fingerprint density at radius 3 is 2.40 bits per heavy atom. The van der Waals surface area contributed by atoms with Crippen LogP contribution in [0, 0.1) is 0 Å². The van der Waals surface area contributed by atoms with Crippen molar-refractivity contribution < 1.29 is 9.47 Å². The zero-order valence-corrected chi connectivity index (χ0v) is 14.6. The van der Waals surface area contributed by atoms with Crippen molar-refractivity contribution in [3.8, 4) is 11.5 Å². The minimum atomic E-state index is 0.231. The van der Waals surface area contributed by atoms with Gasteiger partial charge in [-0.25, -0.2) is 9.97 Å². The van der Waals surface area contributed by atoms with Gasteiger partial charge in [0.1, 0.15) is 12.0 Å². The Labute approximate surface area is 152 Å². The third-order valence-corrected chi connectivity index (χ3v) is 4.10. The lowest BCUT2D eigenvalue weighted by molar-refractivity contribution is 0.174. The number of fused-ring (bicyclic) bond motifs is 1. The standard InChI is InChI=1S/C17H14BrN5O2/c18-10-2-1-3-11(6-10)22-16-15(19)17(21-8-20-16)23-12-4-5-13-14(7-12)25-9-24-13/h1-8H,9,19H2,(H2,20,21,22,23). The molecular formula is C17H14BrN5O2. The highest BCUT2D eigenvalue weighted by molar-refractivity contribution is 9.10. The number of nitrogens with zero attached hydrogens (tertiary/aromatic N) is 2. The van der Waals surface area contributed by atoms with Crippen LogP contribution < -0.4 is 25.8 Å². The SMILES string of the molecule is Nc1c(Nc2cccc(Br)c2)ncnc1Nc1ccc2c(c1)OCO2. The van der Waals surface area contributed by atoms with Crippen LogP contribution in [0.5, 0.6) is 11.5 Å². The first-order valence-corrected chi connectivity index (χ1v) is 8.28. The van der Waals surface area contributed by atoms with Gasteiger partial charge in [-0.2, -0.15) is 0 Å². The lowest BCUT2D eigenvalue weighted by atomic mass is 10.2. The van der Waals surface area contributed by atoms with E-state index in [4.69, 9.17) is 15.2 Å². The quantitative estimate of drug-likeness (QED) is 0.609. The van der Waals surface area contributed by atoms with E-state index in [1.54, 1.807) is 0 Å². The van der Waals surface area contributed by atoms with Crippen molar-refractivity contribution in [2.24, 2.45) is 0 Å². The average molecular weight is 400 g/mol. The van der Waals surface area contributed by atoms with Crippen molar-refractivity contribution in [2.45, 2.75) is 0 Å². The number of nitrogens with one attached hydrogen (secondary N) is 2. The first-order chi connectivity index (χ1) is 12.2. The number of rotatable bonds is 4. The van der Waals surface area contributed by atoms with Gasteiger partial charge in [-0.3, -0.25) is 0 Å². The maximum absolute atomic E-state index is 6.21. The maximum atomic E-state index is 6.21. The van der Waals surface area contributed by atoms with Crippen molar-refractivity contribution in [1.82, 2.24) is 9.97 Å². The maximum Gasteiger partial charge on any atom is 0.231 e. The number of halogens is 1. The highest BCUT2D eigenvalue weighted by atomic mass is 79.9. The normalized spacial score (nSPS) is 12.0. The molecule has 1 aliphatic rings. The van der Waals surface area contributed by atoms with Crippen molar-refractivity contribution in [3.05, 3.63) is 53.3 Å². The van der Waals surface area contributed by atoms with Gasteiger partial charge in [-0.05, 0) is 30.3 Å². The Kier molecular flexibility index (Phi) is 4.02. The zero-order valence-electron chi connectivity index (χ0n) is 13.0. The number of nitrogen functional groups attached to an aromatic ring is 1. The van der Waals surface area contributed by atoms with Gasteiger partial charge in [0.05, 0.1) is 0 Å². The van der Waals surface area contributed by atoms with E-state index in [2.05, 4.69) is 36.5 Å². The van der Waals surface area contributed by atoms with Crippen LogP contribution in [0.15, 0.2) is 53.3 Å². The lowest BCUT2D eigenvalue weighted by Crippen LogP contribution is -2.05. The van der Waals surface area contributed by atoms with Gasteiger partial charge in [0.2, 0.25) is 6.79 Å². The molecule has 0 unspecified atom stereocenters. The summed E-state index contributed by atoms with van der Waals surface area (Å²) in [6, 6.07) is 13.3. The van der Waals surface area contributed by atoms with Crippen molar-refractivity contribution in [3.63, 3.8) is 0 Å². The Balaban J connectivity index is 1.58. The van der Waals surface area contributed by atoms with Crippen LogP contribution in [0.2, 0.25) is 0 Å². The van der Waals surface area contributed by atoms with Crippen molar-refractivity contribution in [2.75, 3.05) is 23.2 Å². The molecule has 2 aromatic carbocycles. The fraction of sp³-hybridized carbons (Fsp3) is 0.0588. The van der Waals surface area contributed by atoms with Crippen LogP contribution in [-0.4, -0.2) is 16.8 Å². The first kappa shape index (κ1) is 15.5. The minimum Gasteiger partial charge on any atom is -0.454 e. The number of hydrogen-bond donors (Lipinski definition) is 3. The second-order valence-corrected chi connectivity index (χ2v) is 6.23. The summed E-state index contributed by atoms with van der Waals surface area (Å²) in [6.07, 6.45) is 1.45. The molecule has 0 saturated carbocycles. The van der Waals surface area contributed by atoms with E-state index in [1.807, 2.05) is 42.5 Å². The van der Waals surface area contributed by atoms with Crippen LogP contribution in [0.1, 0.15) is 0 Å². The summed E-state index contributed by atoms with van der Waals surface area (Å²) in [5.41, 5.74) is 8.29. The van der Waals surface area contributed by atoms with Crippen molar-refractivity contribution in [1.29, 1.82) is 0 Å². The molecule has 0 atom stereocenters. The molecule has 4 N–H and O–H groups in total. The first-order valence-electron chi connectivity index (χ1n) is 7.49. The molecule has 7 nitrogen and oxygen atoms in total. The highest BCUT2D eigenvalue weighted by Gasteiger charge is 2.14. The van der Waals surface area contributed by atoms with Gasteiger partial charge in [0.25, 0.3) is 0 Å². The van der Waals surface area contributed by atoms with Crippen LogP contribution in [0.4, 0.5) is 28.7 Å². The molecule has 0 amide bonds. The Hall–Kier alpha value is -3.00. The van der Waals surface area contributed by atoms with E-state index < -0.39 is 0 Å². The Morgan fingerprint density at radius 2 is 1.64 bits per heavy atom. The minimum absolute atomic E-state index is 0.231. The summed E-state index contributed by atoms with van der Waals surface area (Å²) in [5, 5.41) is 6.37. The third kappa shape index (κ3) is 3.29. The van der Waals surface area contributed by atoms with E-state index in [0.29, 0.717) is 23.1 Å². The summed E-state index contributed by atoms with van der Waals surface area (Å²) in [7, 11) is 0. The Bertz CT molecular complexity index is 935. The number of benzene rings is 2. The molecule has 4 rings (SSSR count). The van der Waals surface area contributed by atoms with Crippen LogP contribution in [-0.2, 0) is 0 Å². The number of anilines is 5. The van der Waals surface area contributed by atoms with Gasteiger partial charge in [0, 0.05) is 21.9 Å². The van der Waals surface area contributed by atoms with Crippen LogP contribution in [0.3, 0.4) is 0 Å². The molecule has 0 bridgehead atoms. The van der Waals surface area contributed by atoms with E-state index in [1.165, 1.54) is 6.33 Å². The van der Waals surface area contributed by atoms with Gasteiger partial charge < -0.3 is 25.8 Å². The zero-order chi connectivity index (χ0) is 17.2. The number of hydrogen-bond acceptors (Lipinski definition) is 7. The second kappa shape index (κ2) is 6.48. The molecule has 0 radical (unpaired) electrons. The summed E-state index contributed by atoms with van der Waals surface area (Å²) < 4.78 is 11.6. The molecule has 3 aromatic rings. The molecule has 0 saturated heterocycles. The molecule has 0 spiro atoms. The van der Waals surface area contributed by atoms with Gasteiger partial charge in [0.15, 0.2) is 23.1 Å². The van der Waals surface area contributed by atoms with Crippen LogP contribution in [0.25, 0.3) is 0 Å². The predicted octanol–water partition coefficient (Wildman–Crippen LogP) is 4.04. The van der Waals surface area contributed by atoms with E-state index in [9.17, 15) is 0 Å². The van der Waals surface area contributed by atoms with E-state index in [-0.39, 0.29) is 6.79 Å². The molecule has 25 heavy (non-hydrogen) atoms. The van der Waals surface area contributed by atoms with E-state index in [0.717, 1.165) is 21.6 Å². The smallest absolute Gasteiger partial charge is 0.231 e. The number of ether oxygens (including phenoxy) is 2. The monoisotopic (exact) mass is 399 g/mol. The summed E-state index contributed by atoms with van der Waals surface area (Å²) >= 11 is 3.44. The molecule has 1 aliphatic heterocycles. The molecule has 2 heterocycles. The fourth-order valence-electron chi connectivity index (χ4n) is 2.41. The summed E-state index contributed by atoms with van der Waals surface area (Å²) in [5.74, 6) is 2.44. The molecule has 8 heteroatoms.